The molecule has 0 radical (unpaired) electrons. The molecule has 0 spiro atoms. The monoisotopic (exact) mass is 390 g/mol. The summed E-state index contributed by atoms with van der Waals surface area (Å²) in [4.78, 5) is 0. The summed E-state index contributed by atoms with van der Waals surface area (Å²) >= 11 is 2.28. The van der Waals surface area contributed by atoms with E-state index < -0.39 is 0 Å². The largest absolute Gasteiger partial charge is 0.380 e. The van der Waals surface area contributed by atoms with Crippen molar-refractivity contribution in [3.63, 3.8) is 0 Å². The van der Waals surface area contributed by atoms with E-state index >= 15 is 0 Å². The Morgan fingerprint density at radius 2 is 1.62 bits per heavy atom. The highest BCUT2D eigenvalue weighted by Gasteiger charge is 2.17. The summed E-state index contributed by atoms with van der Waals surface area (Å²) in [5.74, 6) is 1.14. The minimum absolute atomic E-state index is 0.423. The topological polar surface area (TPSA) is 52.0 Å². The smallest absolute Gasteiger partial charge is 0.176 e. The fourth-order valence-corrected chi connectivity index (χ4v) is 2.64. The molecule has 3 nitrogen and oxygen atoms in total. The molecule has 0 unspecified atom stereocenters. The summed E-state index contributed by atoms with van der Waals surface area (Å²) in [7, 11) is 0. The molecule has 0 aliphatic carbocycles. The first-order valence-electron chi connectivity index (χ1n) is 6.65. The van der Waals surface area contributed by atoms with Crippen LogP contribution >= 0.6 is 22.6 Å². The Bertz CT molecular complexity index is 791. The number of nitrogen functional groups attached to an aromatic ring is 1. The van der Waals surface area contributed by atoms with Crippen LogP contribution in [0.5, 0.6) is 0 Å². The number of hydrogen-bond donors (Lipinski definition) is 1. The summed E-state index contributed by atoms with van der Waals surface area (Å²) in [5.41, 5.74) is 11.4. The Labute approximate surface area is 137 Å². The molecule has 0 fully saturated rings. The summed E-state index contributed by atoms with van der Waals surface area (Å²) in [6.45, 7) is 4.18. The van der Waals surface area contributed by atoms with Crippen molar-refractivity contribution < 1.29 is 4.52 Å². The molecule has 0 bridgehead atoms. The number of anilines is 1. The van der Waals surface area contributed by atoms with Gasteiger partial charge in [0, 0.05) is 9.13 Å². The molecule has 0 saturated carbocycles. The van der Waals surface area contributed by atoms with E-state index in [0.29, 0.717) is 11.6 Å². The zero-order valence-electron chi connectivity index (χ0n) is 11.9. The first-order valence-corrected chi connectivity index (χ1v) is 7.73. The maximum Gasteiger partial charge on any atom is 0.176 e. The van der Waals surface area contributed by atoms with Gasteiger partial charge in [0.1, 0.15) is 0 Å². The van der Waals surface area contributed by atoms with Gasteiger partial charge in [-0.25, -0.2) is 0 Å². The molecule has 1 aromatic heterocycles. The van der Waals surface area contributed by atoms with Gasteiger partial charge in [-0.1, -0.05) is 35.5 Å². The van der Waals surface area contributed by atoms with Gasteiger partial charge in [-0.3, -0.25) is 0 Å². The number of nitrogens with two attached hydrogens (primary N) is 1. The molecule has 3 aromatic rings. The van der Waals surface area contributed by atoms with Crippen LogP contribution in [0.3, 0.4) is 0 Å². The fourth-order valence-electron chi connectivity index (χ4n) is 2.28. The van der Waals surface area contributed by atoms with E-state index in [9.17, 15) is 0 Å². The highest BCUT2D eigenvalue weighted by molar-refractivity contribution is 14.1. The standard InChI is InChI=1S/C17H15IN2O/c1-10-3-4-13(9-11(10)2)15-16(21-20-17(15)19)12-5-7-14(18)8-6-12/h3-9H,1-2H3,(H2,19,20). The van der Waals surface area contributed by atoms with Crippen molar-refractivity contribution in [2.45, 2.75) is 13.8 Å². The van der Waals surface area contributed by atoms with E-state index in [1.165, 1.54) is 14.7 Å². The highest BCUT2D eigenvalue weighted by atomic mass is 127. The molecule has 1 heterocycles. The Balaban J connectivity index is 2.16. The third-order valence-corrected chi connectivity index (χ3v) is 4.34. The van der Waals surface area contributed by atoms with Crippen LogP contribution < -0.4 is 5.73 Å². The predicted molar refractivity (Wildman–Crippen MR) is 94.0 cm³/mol. The van der Waals surface area contributed by atoms with Gasteiger partial charge in [0.25, 0.3) is 0 Å². The van der Waals surface area contributed by atoms with Gasteiger partial charge < -0.3 is 10.3 Å². The molecular weight excluding hydrogens is 375 g/mol. The Hall–Kier alpha value is -1.82. The SMILES string of the molecule is Cc1ccc(-c2c(N)noc2-c2ccc(I)cc2)cc1C. The normalized spacial score (nSPS) is 10.8. The summed E-state index contributed by atoms with van der Waals surface area (Å²) in [5, 5.41) is 3.94. The summed E-state index contributed by atoms with van der Waals surface area (Å²) in [6, 6.07) is 14.4. The first kappa shape index (κ1) is 14.1. The molecule has 3 rings (SSSR count). The first-order chi connectivity index (χ1) is 10.1. The van der Waals surface area contributed by atoms with Crippen LogP contribution in [0.4, 0.5) is 5.82 Å². The molecule has 0 atom stereocenters. The van der Waals surface area contributed by atoms with Crippen LogP contribution in [-0.2, 0) is 0 Å². The van der Waals surface area contributed by atoms with E-state index in [4.69, 9.17) is 10.3 Å². The molecule has 2 aromatic carbocycles. The molecule has 0 aliphatic rings. The van der Waals surface area contributed by atoms with Gasteiger partial charge >= 0.3 is 0 Å². The molecule has 2 N–H and O–H groups in total. The lowest BCUT2D eigenvalue weighted by molar-refractivity contribution is 0.436. The van der Waals surface area contributed by atoms with Crippen LogP contribution in [-0.4, -0.2) is 5.16 Å². The van der Waals surface area contributed by atoms with Crippen molar-refractivity contribution in [2.75, 3.05) is 5.73 Å². The van der Waals surface area contributed by atoms with E-state index in [-0.39, 0.29) is 0 Å². The molecule has 21 heavy (non-hydrogen) atoms. The van der Waals surface area contributed by atoms with Crippen molar-refractivity contribution in [3.05, 3.63) is 57.2 Å². The van der Waals surface area contributed by atoms with Gasteiger partial charge in [0.05, 0.1) is 5.56 Å². The average molecular weight is 390 g/mol. The Morgan fingerprint density at radius 3 is 2.29 bits per heavy atom. The lowest BCUT2D eigenvalue weighted by atomic mass is 9.98. The zero-order chi connectivity index (χ0) is 15.0. The van der Waals surface area contributed by atoms with Gasteiger partial charge in [-0.15, -0.1) is 0 Å². The Morgan fingerprint density at radius 1 is 0.952 bits per heavy atom. The second kappa shape index (κ2) is 5.52. The maximum atomic E-state index is 6.02. The number of halogens is 1. The van der Waals surface area contributed by atoms with Crippen molar-refractivity contribution >= 4 is 28.4 Å². The third kappa shape index (κ3) is 2.68. The number of hydrogen-bond acceptors (Lipinski definition) is 3. The molecule has 4 heteroatoms. The number of rotatable bonds is 2. The summed E-state index contributed by atoms with van der Waals surface area (Å²) < 4.78 is 6.65. The minimum atomic E-state index is 0.423. The van der Waals surface area contributed by atoms with Gasteiger partial charge in [-0.2, -0.15) is 0 Å². The lowest BCUT2D eigenvalue weighted by Crippen LogP contribution is -1.90. The van der Waals surface area contributed by atoms with Crippen molar-refractivity contribution in [1.82, 2.24) is 5.16 Å². The number of nitrogens with zero attached hydrogens (tertiary/aromatic N) is 1. The van der Waals surface area contributed by atoms with Crippen LogP contribution in [0.1, 0.15) is 11.1 Å². The average Bonchev–Trinajstić information content (AvgIpc) is 2.85. The number of aryl methyl sites for hydroxylation is 2. The van der Waals surface area contributed by atoms with E-state index in [1.807, 2.05) is 24.3 Å². The van der Waals surface area contributed by atoms with Crippen molar-refractivity contribution in [1.29, 1.82) is 0 Å². The fraction of sp³-hybridized carbons (Fsp3) is 0.118. The molecule has 0 amide bonds. The van der Waals surface area contributed by atoms with Crippen LogP contribution in [0.25, 0.3) is 22.5 Å². The predicted octanol–water partition coefficient (Wildman–Crippen LogP) is 4.81. The summed E-state index contributed by atoms with van der Waals surface area (Å²) in [6.07, 6.45) is 0. The second-order valence-corrected chi connectivity index (χ2v) is 6.32. The molecule has 0 saturated heterocycles. The maximum absolute atomic E-state index is 6.02. The van der Waals surface area contributed by atoms with Crippen molar-refractivity contribution in [2.24, 2.45) is 0 Å². The van der Waals surface area contributed by atoms with Crippen LogP contribution in [0.15, 0.2) is 47.0 Å². The van der Waals surface area contributed by atoms with E-state index in [2.05, 4.69) is 59.8 Å². The quantitative estimate of drug-likeness (QED) is 0.639. The van der Waals surface area contributed by atoms with Crippen LogP contribution in [0, 0.1) is 17.4 Å². The lowest BCUT2D eigenvalue weighted by Gasteiger charge is -2.06. The van der Waals surface area contributed by atoms with Gasteiger partial charge in [0.2, 0.25) is 0 Å². The highest BCUT2D eigenvalue weighted by Crippen LogP contribution is 2.37. The van der Waals surface area contributed by atoms with E-state index in [1.54, 1.807) is 0 Å². The number of aromatic nitrogens is 1. The molecular formula is C17H15IN2O. The van der Waals surface area contributed by atoms with Gasteiger partial charge in [-0.05, 0) is 65.3 Å². The Kier molecular flexibility index (Phi) is 3.71. The van der Waals surface area contributed by atoms with Crippen LogP contribution in [0.2, 0.25) is 0 Å². The second-order valence-electron chi connectivity index (χ2n) is 5.08. The molecule has 106 valence electrons. The van der Waals surface area contributed by atoms with Gasteiger partial charge in [0.15, 0.2) is 11.6 Å². The molecule has 0 aliphatic heterocycles. The van der Waals surface area contributed by atoms with E-state index in [0.717, 1.165) is 16.7 Å². The number of benzene rings is 2. The minimum Gasteiger partial charge on any atom is -0.380 e. The third-order valence-electron chi connectivity index (χ3n) is 3.62. The zero-order valence-corrected chi connectivity index (χ0v) is 14.0. The van der Waals surface area contributed by atoms with Crippen molar-refractivity contribution in [3.8, 4) is 22.5 Å².